The minimum absolute atomic E-state index is 0.246. The fourth-order valence-corrected chi connectivity index (χ4v) is 2.06. The second-order valence-corrected chi connectivity index (χ2v) is 4.59. The highest BCUT2D eigenvalue weighted by molar-refractivity contribution is 5.65. The lowest BCUT2D eigenvalue weighted by Gasteiger charge is -2.11. The fourth-order valence-electron chi connectivity index (χ4n) is 2.06. The summed E-state index contributed by atoms with van der Waals surface area (Å²) in [7, 11) is 0. The first kappa shape index (κ1) is 10.5. The molecule has 2 aromatic rings. The van der Waals surface area contributed by atoms with Gasteiger partial charge in [-0.05, 0) is 36.1 Å². The van der Waals surface area contributed by atoms with Gasteiger partial charge in [0, 0.05) is 5.56 Å². The van der Waals surface area contributed by atoms with Crippen molar-refractivity contribution < 1.29 is 9.50 Å². The van der Waals surface area contributed by atoms with Gasteiger partial charge in [0.25, 0.3) is 0 Å². The molecule has 1 fully saturated rings. The summed E-state index contributed by atoms with van der Waals surface area (Å²) in [4.78, 5) is 0. The van der Waals surface area contributed by atoms with E-state index in [1.807, 2.05) is 30.3 Å². The summed E-state index contributed by atoms with van der Waals surface area (Å²) < 4.78 is 13.8. The Morgan fingerprint density at radius 1 is 1.00 bits per heavy atom. The number of hydrogen-bond donors (Lipinski definition) is 1. The van der Waals surface area contributed by atoms with E-state index in [2.05, 4.69) is 0 Å². The van der Waals surface area contributed by atoms with Crippen molar-refractivity contribution in [1.29, 1.82) is 0 Å². The Morgan fingerprint density at radius 3 is 2.35 bits per heavy atom. The predicted octanol–water partition coefficient (Wildman–Crippen LogP) is 3.47. The highest BCUT2D eigenvalue weighted by atomic mass is 19.1. The van der Waals surface area contributed by atoms with Crippen molar-refractivity contribution >= 4 is 0 Å². The van der Waals surface area contributed by atoms with Crippen LogP contribution in [0.4, 0.5) is 4.39 Å². The standard InChI is InChI=1S/C15H13FO/c16-14-7-6-12(15(17)8-9-15)10-13(14)11-4-2-1-3-5-11/h1-7,10,17H,8-9H2. The summed E-state index contributed by atoms with van der Waals surface area (Å²) in [6, 6.07) is 14.3. The molecule has 1 N–H and O–H groups in total. The Kier molecular flexibility index (Phi) is 2.26. The van der Waals surface area contributed by atoms with Crippen LogP contribution < -0.4 is 0 Å². The minimum Gasteiger partial charge on any atom is -0.385 e. The first-order chi connectivity index (χ1) is 8.19. The maximum absolute atomic E-state index is 13.8. The van der Waals surface area contributed by atoms with Gasteiger partial charge in [-0.15, -0.1) is 0 Å². The van der Waals surface area contributed by atoms with Crippen LogP contribution >= 0.6 is 0 Å². The SMILES string of the molecule is OC1(c2ccc(F)c(-c3ccccc3)c2)CC1. The minimum atomic E-state index is -0.711. The molecule has 0 aromatic heterocycles. The van der Waals surface area contributed by atoms with Gasteiger partial charge < -0.3 is 5.11 Å². The highest BCUT2D eigenvalue weighted by Gasteiger charge is 2.42. The molecule has 0 spiro atoms. The molecule has 17 heavy (non-hydrogen) atoms. The van der Waals surface area contributed by atoms with Gasteiger partial charge in [0.15, 0.2) is 0 Å². The van der Waals surface area contributed by atoms with Gasteiger partial charge in [0.2, 0.25) is 0 Å². The molecule has 0 amide bonds. The molecule has 0 bridgehead atoms. The van der Waals surface area contributed by atoms with Gasteiger partial charge in [0.1, 0.15) is 5.82 Å². The molecule has 0 saturated heterocycles. The molecule has 2 heteroatoms. The van der Waals surface area contributed by atoms with Crippen LogP contribution in [-0.4, -0.2) is 5.11 Å². The van der Waals surface area contributed by atoms with Crippen LogP contribution in [0.15, 0.2) is 48.5 Å². The summed E-state index contributed by atoms with van der Waals surface area (Å²) in [5.74, 6) is -0.246. The summed E-state index contributed by atoms with van der Waals surface area (Å²) in [6.07, 6.45) is 1.54. The summed E-state index contributed by atoms with van der Waals surface area (Å²) in [5, 5.41) is 10.0. The maximum atomic E-state index is 13.8. The van der Waals surface area contributed by atoms with Gasteiger partial charge >= 0.3 is 0 Å². The number of hydrogen-bond acceptors (Lipinski definition) is 1. The van der Waals surface area contributed by atoms with Crippen molar-refractivity contribution in [3.8, 4) is 11.1 Å². The normalized spacial score (nSPS) is 16.8. The Bertz CT molecular complexity index is 544. The molecular formula is C15H13FO. The lowest BCUT2D eigenvalue weighted by Crippen LogP contribution is -2.04. The Balaban J connectivity index is 2.10. The highest BCUT2D eigenvalue weighted by Crippen LogP contribution is 2.46. The van der Waals surface area contributed by atoms with Crippen molar-refractivity contribution in [2.24, 2.45) is 0 Å². The van der Waals surface area contributed by atoms with Crippen molar-refractivity contribution in [2.45, 2.75) is 18.4 Å². The lowest BCUT2D eigenvalue weighted by atomic mass is 9.99. The Labute approximate surface area is 99.5 Å². The molecule has 0 aliphatic heterocycles. The zero-order valence-corrected chi connectivity index (χ0v) is 9.36. The van der Waals surface area contributed by atoms with Crippen molar-refractivity contribution in [2.75, 3.05) is 0 Å². The molecule has 86 valence electrons. The summed E-state index contributed by atoms with van der Waals surface area (Å²) >= 11 is 0. The lowest BCUT2D eigenvalue weighted by molar-refractivity contribution is 0.151. The van der Waals surface area contributed by atoms with Gasteiger partial charge in [0.05, 0.1) is 5.60 Å². The number of aliphatic hydroxyl groups is 1. The Morgan fingerprint density at radius 2 is 1.71 bits per heavy atom. The molecule has 1 aliphatic rings. The summed E-state index contributed by atoms with van der Waals surface area (Å²) in [6.45, 7) is 0. The quantitative estimate of drug-likeness (QED) is 0.834. The van der Waals surface area contributed by atoms with Crippen LogP contribution in [0, 0.1) is 5.82 Å². The van der Waals surface area contributed by atoms with Crippen LogP contribution in [0.25, 0.3) is 11.1 Å². The molecule has 0 unspecified atom stereocenters. The molecule has 0 atom stereocenters. The Hall–Kier alpha value is -1.67. The zero-order valence-electron chi connectivity index (χ0n) is 9.36. The van der Waals surface area contributed by atoms with Crippen LogP contribution in [0.1, 0.15) is 18.4 Å². The largest absolute Gasteiger partial charge is 0.385 e. The van der Waals surface area contributed by atoms with Crippen LogP contribution in [0.2, 0.25) is 0 Å². The predicted molar refractivity (Wildman–Crippen MR) is 65.0 cm³/mol. The fraction of sp³-hybridized carbons (Fsp3) is 0.200. The summed E-state index contributed by atoms with van der Waals surface area (Å²) in [5.41, 5.74) is 1.51. The third-order valence-corrected chi connectivity index (χ3v) is 3.31. The second-order valence-electron chi connectivity index (χ2n) is 4.59. The third-order valence-electron chi connectivity index (χ3n) is 3.31. The average Bonchev–Trinajstić information content (AvgIpc) is 3.10. The van der Waals surface area contributed by atoms with E-state index in [-0.39, 0.29) is 5.82 Å². The first-order valence-corrected chi connectivity index (χ1v) is 5.77. The van der Waals surface area contributed by atoms with Gasteiger partial charge in [-0.3, -0.25) is 0 Å². The number of rotatable bonds is 2. The molecule has 1 aliphatic carbocycles. The van der Waals surface area contributed by atoms with E-state index in [0.29, 0.717) is 5.56 Å². The molecule has 0 radical (unpaired) electrons. The van der Waals surface area contributed by atoms with E-state index < -0.39 is 5.60 Å². The van der Waals surface area contributed by atoms with E-state index in [4.69, 9.17) is 0 Å². The number of benzene rings is 2. The van der Waals surface area contributed by atoms with Crippen molar-refractivity contribution in [3.05, 3.63) is 59.9 Å². The van der Waals surface area contributed by atoms with E-state index in [1.165, 1.54) is 6.07 Å². The van der Waals surface area contributed by atoms with E-state index in [1.54, 1.807) is 12.1 Å². The van der Waals surface area contributed by atoms with Gasteiger partial charge in [-0.1, -0.05) is 36.4 Å². The van der Waals surface area contributed by atoms with Crippen molar-refractivity contribution in [3.63, 3.8) is 0 Å². The monoisotopic (exact) mass is 228 g/mol. The third kappa shape index (κ3) is 1.85. The second kappa shape index (κ2) is 3.67. The topological polar surface area (TPSA) is 20.2 Å². The smallest absolute Gasteiger partial charge is 0.131 e. The van der Waals surface area contributed by atoms with Crippen LogP contribution in [-0.2, 0) is 5.60 Å². The first-order valence-electron chi connectivity index (χ1n) is 5.77. The molecule has 0 heterocycles. The maximum Gasteiger partial charge on any atom is 0.131 e. The van der Waals surface area contributed by atoms with E-state index in [0.717, 1.165) is 24.0 Å². The molecule has 1 saturated carbocycles. The molecule has 2 aromatic carbocycles. The van der Waals surface area contributed by atoms with E-state index in [9.17, 15) is 9.50 Å². The van der Waals surface area contributed by atoms with Gasteiger partial charge in [-0.25, -0.2) is 4.39 Å². The zero-order chi connectivity index (χ0) is 11.9. The van der Waals surface area contributed by atoms with E-state index >= 15 is 0 Å². The molecule has 3 rings (SSSR count). The molecule has 1 nitrogen and oxygen atoms in total. The molecular weight excluding hydrogens is 215 g/mol. The number of halogens is 1. The van der Waals surface area contributed by atoms with Crippen LogP contribution in [0.3, 0.4) is 0 Å². The van der Waals surface area contributed by atoms with Crippen molar-refractivity contribution in [1.82, 2.24) is 0 Å². The van der Waals surface area contributed by atoms with Crippen LogP contribution in [0.5, 0.6) is 0 Å². The average molecular weight is 228 g/mol. The van der Waals surface area contributed by atoms with Gasteiger partial charge in [-0.2, -0.15) is 0 Å².